The van der Waals surface area contributed by atoms with Gasteiger partial charge in [0.2, 0.25) is 0 Å². The molecule has 5 heteroatoms. The van der Waals surface area contributed by atoms with Crippen molar-refractivity contribution in [2.75, 3.05) is 38.7 Å². The third kappa shape index (κ3) is 7.15. The summed E-state index contributed by atoms with van der Waals surface area (Å²) in [6, 6.07) is 7.58. The van der Waals surface area contributed by atoms with E-state index < -0.39 is 5.60 Å². The van der Waals surface area contributed by atoms with Crippen LogP contribution in [-0.2, 0) is 9.53 Å². The topological polar surface area (TPSA) is 50.8 Å². The van der Waals surface area contributed by atoms with Crippen LogP contribution in [0.2, 0.25) is 0 Å². The van der Waals surface area contributed by atoms with E-state index in [-0.39, 0.29) is 5.91 Å². The number of carbonyl (C=O) groups is 1. The van der Waals surface area contributed by atoms with Crippen LogP contribution in [0.5, 0.6) is 5.75 Å². The van der Waals surface area contributed by atoms with Gasteiger partial charge in [0.1, 0.15) is 11.4 Å². The average molecular weight is 377 g/mol. The molecule has 1 aliphatic heterocycles. The Bertz CT molecular complexity index is 555. The van der Waals surface area contributed by atoms with Gasteiger partial charge in [-0.25, -0.2) is 0 Å². The number of benzene rings is 1. The molecule has 0 aromatic heterocycles. The molecule has 0 saturated carbocycles. The third-order valence-electron chi connectivity index (χ3n) is 5.39. The molecule has 1 aromatic carbocycles. The number of ether oxygens (including phenoxy) is 2. The fraction of sp³-hybridized carbons (Fsp3) is 0.682. The second-order valence-corrected chi connectivity index (χ2v) is 7.62. The van der Waals surface area contributed by atoms with Gasteiger partial charge in [0, 0.05) is 19.3 Å². The smallest absolute Gasteiger partial charge is 0.256 e. The maximum Gasteiger partial charge on any atom is 0.256 e. The molecule has 1 fully saturated rings. The van der Waals surface area contributed by atoms with E-state index in [0.29, 0.717) is 6.42 Å². The normalized spacial score (nSPS) is 17.3. The molecular formula is C22H36N2O3. The zero-order valence-electron chi connectivity index (χ0n) is 17.3. The number of carbonyl (C=O) groups excluding carboxylic acids is 1. The molecule has 1 N–H and O–H groups in total. The molecule has 1 amide bonds. The Morgan fingerprint density at radius 1 is 1.15 bits per heavy atom. The van der Waals surface area contributed by atoms with Crippen LogP contribution < -0.4 is 10.1 Å². The first kappa shape index (κ1) is 21.7. The highest BCUT2D eigenvalue weighted by Crippen LogP contribution is 2.22. The van der Waals surface area contributed by atoms with Crippen LogP contribution in [0.1, 0.15) is 58.8 Å². The zero-order valence-corrected chi connectivity index (χ0v) is 17.3. The largest absolute Gasteiger partial charge is 0.494 e. The van der Waals surface area contributed by atoms with E-state index in [1.54, 1.807) is 7.11 Å². The Balaban J connectivity index is 1.74. The Labute approximate surface area is 164 Å². The summed E-state index contributed by atoms with van der Waals surface area (Å²) >= 11 is 0. The lowest BCUT2D eigenvalue weighted by Crippen LogP contribution is -2.41. The fourth-order valence-electron chi connectivity index (χ4n) is 3.38. The SMILES string of the molecule is CCCC[C@](C)(OC)C(=O)Nc1ccc(OCCCN2CCCCC2)cc1. The molecule has 0 aliphatic carbocycles. The number of unbranched alkanes of at least 4 members (excludes halogenated alkanes) is 1. The molecule has 1 atom stereocenters. The number of anilines is 1. The molecule has 27 heavy (non-hydrogen) atoms. The summed E-state index contributed by atoms with van der Waals surface area (Å²) in [5.41, 5.74) is -0.0277. The van der Waals surface area contributed by atoms with Gasteiger partial charge in [0.25, 0.3) is 5.91 Å². The lowest BCUT2D eigenvalue weighted by Gasteiger charge is -2.26. The number of amides is 1. The van der Waals surface area contributed by atoms with E-state index in [1.807, 2.05) is 31.2 Å². The number of piperidine rings is 1. The highest BCUT2D eigenvalue weighted by atomic mass is 16.5. The van der Waals surface area contributed by atoms with Gasteiger partial charge >= 0.3 is 0 Å². The molecule has 0 radical (unpaired) electrons. The number of rotatable bonds is 11. The fourth-order valence-corrected chi connectivity index (χ4v) is 3.38. The van der Waals surface area contributed by atoms with Crippen molar-refractivity contribution in [2.45, 2.75) is 64.4 Å². The van der Waals surface area contributed by atoms with Crippen LogP contribution in [0.4, 0.5) is 5.69 Å². The van der Waals surface area contributed by atoms with E-state index in [0.717, 1.165) is 43.9 Å². The summed E-state index contributed by atoms with van der Waals surface area (Å²) in [6.07, 6.45) is 7.78. The summed E-state index contributed by atoms with van der Waals surface area (Å²) in [5.74, 6) is 0.737. The number of methoxy groups -OCH3 is 1. The molecule has 5 nitrogen and oxygen atoms in total. The quantitative estimate of drug-likeness (QED) is 0.579. The van der Waals surface area contributed by atoms with Gasteiger partial charge in [-0.05, 0) is 70.0 Å². The zero-order chi connectivity index (χ0) is 19.5. The van der Waals surface area contributed by atoms with Gasteiger partial charge in [-0.1, -0.05) is 26.2 Å². The Hall–Kier alpha value is -1.59. The maximum atomic E-state index is 12.5. The van der Waals surface area contributed by atoms with Crippen LogP contribution in [0.3, 0.4) is 0 Å². The number of hydrogen-bond acceptors (Lipinski definition) is 4. The van der Waals surface area contributed by atoms with Crippen molar-refractivity contribution in [3.8, 4) is 5.75 Å². The first-order valence-electron chi connectivity index (χ1n) is 10.4. The Morgan fingerprint density at radius 3 is 2.48 bits per heavy atom. The highest BCUT2D eigenvalue weighted by Gasteiger charge is 2.32. The molecule has 2 rings (SSSR count). The van der Waals surface area contributed by atoms with E-state index in [9.17, 15) is 4.79 Å². The van der Waals surface area contributed by atoms with Gasteiger partial charge in [0.05, 0.1) is 6.61 Å². The van der Waals surface area contributed by atoms with Crippen molar-refractivity contribution in [3.63, 3.8) is 0 Å². The monoisotopic (exact) mass is 376 g/mol. The van der Waals surface area contributed by atoms with Crippen LogP contribution in [0.25, 0.3) is 0 Å². The predicted molar refractivity (Wildman–Crippen MR) is 110 cm³/mol. The van der Waals surface area contributed by atoms with Gasteiger partial charge in [-0.2, -0.15) is 0 Å². The Kier molecular flexibility index (Phi) is 9.08. The summed E-state index contributed by atoms with van der Waals surface area (Å²) in [7, 11) is 1.59. The number of hydrogen-bond donors (Lipinski definition) is 1. The van der Waals surface area contributed by atoms with Crippen LogP contribution >= 0.6 is 0 Å². The second kappa shape index (κ2) is 11.3. The van der Waals surface area contributed by atoms with Crippen molar-refractivity contribution in [3.05, 3.63) is 24.3 Å². The minimum absolute atomic E-state index is 0.103. The minimum atomic E-state index is -0.792. The second-order valence-electron chi connectivity index (χ2n) is 7.62. The lowest BCUT2D eigenvalue weighted by atomic mass is 9.97. The molecule has 0 unspecified atom stereocenters. The van der Waals surface area contributed by atoms with Crippen LogP contribution in [-0.4, -0.2) is 49.8 Å². The molecule has 0 bridgehead atoms. The summed E-state index contributed by atoms with van der Waals surface area (Å²) in [5, 5.41) is 2.95. The summed E-state index contributed by atoms with van der Waals surface area (Å²) in [6.45, 7) is 8.25. The molecule has 0 spiro atoms. The molecule has 1 saturated heterocycles. The van der Waals surface area contributed by atoms with Gasteiger partial charge < -0.3 is 19.7 Å². The minimum Gasteiger partial charge on any atom is -0.494 e. The van der Waals surface area contributed by atoms with Crippen molar-refractivity contribution >= 4 is 11.6 Å². The average Bonchev–Trinajstić information content (AvgIpc) is 2.71. The maximum absolute atomic E-state index is 12.5. The van der Waals surface area contributed by atoms with Crippen molar-refractivity contribution in [1.82, 2.24) is 4.90 Å². The van der Waals surface area contributed by atoms with Crippen molar-refractivity contribution in [1.29, 1.82) is 0 Å². The molecular weight excluding hydrogens is 340 g/mol. The van der Waals surface area contributed by atoms with Crippen LogP contribution in [0, 0.1) is 0 Å². The molecule has 152 valence electrons. The molecule has 1 aromatic rings. The van der Waals surface area contributed by atoms with Crippen molar-refractivity contribution in [2.24, 2.45) is 0 Å². The lowest BCUT2D eigenvalue weighted by molar-refractivity contribution is -0.136. The van der Waals surface area contributed by atoms with E-state index in [4.69, 9.17) is 9.47 Å². The highest BCUT2D eigenvalue weighted by molar-refractivity contribution is 5.97. The first-order chi connectivity index (χ1) is 13.1. The third-order valence-corrected chi connectivity index (χ3v) is 5.39. The number of likely N-dealkylation sites (tertiary alicyclic amines) is 1. The number of nitrogens with zero attached hydrogens (tertiary/aromatic N) is 1. The van der Waals surface area contributed by atoms with E-state index in [1.165, 1.54) is 32.4 Å². The van der Waals surface area contributed by atoms with Crippen molar-refractivity contribution < 1.29 is 14.3 Å². The van der Waals surface area contributed by atoms with E-state index in [2.05, 4.69) is 17.1 Å². The van der Waals surface area contributed by atoms with Gasteiger partial charge in [-0.3, -0.25) is 4.79 Å². The van der Waals surface area contributed by atoms with Crippen LogP contribution in [0.15, 0.2) is 24.3 Å². The van der Waals surface area contributed by atoms with Gasteiger partial charge in [0.15, 0.2) is 0 Å². The summed E-state index contributed by atoms with van der Waals surface area (Å²) in [4.78, 5) is 15.1. The summed E-state index contributed by atoms with van der Waals surface area (Å²) < 4.78 is 11.3. The standard InChI is InChI=1S/C22H36N2O3/c1-4-5-14-22(2,26-3)21(25)23-19-10-12-20(13-11-19)27-18-9-17-24-15-7-6-8-16-24/h10-13H,4-9,14-18H2,1-3H3,(H,23,25)/t22-/m0/s1. The predicted octanol–water partition coefficient (Wildman–Crippen LogP) is 4.48. The van der Waals surface area contributed by atoms with E-state index >= 15 is 0 Å². The molecule has 1 aliphatic rings. The number of nitrogens with one attached hydrogen (secondary N) is 1. The van der Waals surface area contributed by atoms with Gasteiger partial charge in [-0.15, -0.1) is 0 Å². The first-order valence-corrected chi connectivity index (χ1v) is 10.4. The Morgan fingerprint density at radius 2 is 1.85 bits per heavy atom. The molecule has 1 heterocycles.